The van der Waals surface area contributed by atoms with Crippen molar-refractivity contribution in [3.05, 3.63) is 65.7 Å². The molecule has 1 unspecified atom stereocenters. The lowest BCUT2D eigenvalue weighted by Gasteiger charge is -2.13. The third-order valence-electron chi connectivity index (χ3n) is 3.81. The van der Waals surface area contributed by atoms with Crippen LogP contribution in [0.2, 0.25) is 0 Å². The number of anilines is 1. The summed E-state index contributed by atoms with van der Waals surface area (Å²) in [5.41, 5.74) is 0.906. The third-order valence-corrected chi connectivity index (χ3v) is 5.13. The number of nitrogens with one attached hydrogen (secondary N) is 1. The van der Waals surface area contributed by atoms with Crippen molar-refractivity contribution in [3.63, 3.8) is 0 Å². The number of carbonyl (C=O) groups is 1. The number of sulfonamides is 1. The second kappa shape index (κ2) is 7.38. The van der Waals surface area contributed by atoms with E-state index in [1.165, 1.54) is 53.4 Å². The summed E-state index contributed by atoms with van der Waals surface area (Å²) >= 11 is 0. The SMILES string of the molecule is O=C1OC(CNS(=O)(=O)Cc2ccc(F)cc2)CN1c1ccc(F)cc1. The predicted octanol–water partition coefficient (Wildman–Crippen LogP) is 2.41. The van der Waals surface area contributed by atoms with Crippen LogP contribution in [0.1, 0.15) is 5.56 Å². The maximum Gasteiger partial charge on any atom is 0.414 e. The van der Waals surface area contributed by atoms with Gasteiger partial charge in [-0.25, -0.2) is 26.7 Å². The summed E-state index contributed by atoms with van der Waals surface area (Å²) in [7, 11) is -3.67. The summed E-state index contributed by atoms with van der Waals surface area (Å²) in [6.45, 7) is 0.0521. The van der Waals surface area contributed by atoms with Gasteiger partial charge in [-0.1, -0.05) is 12.1 Å². The molecule has 1 N–H and O–H groups in total. The van der Waals surface area contributed by atoms with Gasteiger partial charge in [0.05, 0.1) is 12.3 Å². The maximum absolute atomic E-state index is 13.0. The topological polar surface area (TPSA) is 75.7 Å². The van der Waals surface area contributed by atoms with E-state index in [1.807, 2.05) is 0 Å². The van der Waals surface area contributed by atoms with Crippen LogP contribution in [0, 0.1) is 11.6 Å². The third kappa shape index (κ3) is 4.55. The quantitative estimate of drug-likeness (QED) is 0.833. The van der Waals surface area contributed by atoms with E-state index in [1.54, 1.807) is 0 Å². The molecule has 138 valence electrons. The molecule has 0 saturated carbocycles. The van der Waals surface area contributed by atoms with Crippen molar-refractivity contribution in [2.45, 2.75) is 11.9 Å². The number of benzene rings is 2. The molecule has 0 aliphatic carbocycles. The number of amides is 1. The number of halogens is 2. The van der Waals surface area contributed by atoms with Crippen LogP contribution in [0.5, 0.6) is 0 Å². The largest absolute Gasteiger partial charge is 0.443 e. The number of carbonyl (C=O) groups excluding carboxylic acids is 1. The van der Waals surface area contributed by atoms with E-state index in [0.29, 0.717) is 11.3 Å². The van der Waals surface area contributed by atoms with Crippen molar-refractivity contribution < 1.29 is 26.7 Å². The molecule has 2 aromatic rings. The fourth-order valence-electron chi connectivity index (χ4n) is 2.53. The first-order valence-electron chi connectivity index (χ1n) is 7.78. The molecule has 1 fully saturated rings. The number of cyclic esters (lactones) is 1. The molecule has 0 aromatic heterocycles. The van der Waals surface area contributed by atoms with Crippen molar-refractivity contribution in [3.8, 4) is 0 Å². The first-order chi connectivity index (χ1) is 12.3. The van der Waals surface area contributed by atoms with Crippen molar-refractivity contribution in [1.82, 2.24) is 4.72 Å². The molecule has 2 aromatic carbocycles. The van der Waals surface area contributed by atoms with Crippen LogP contribution >= 0.6 is 0 Å². The molecule has 1 atom stereocenters. The molecule has 0 bridgehead atoms. The Morgan fingerprint density at radius 3 is 2.23 bits per heavy atom. The zero-order valence-electron chi connectivity index (χ0n) is 13.6. The van der Waals surface area contributed by atoms with Gasteiger partial charge in [-0.15, -0.1) is 0 Å². The summed E-state index contributed by atoms with van der Waals surface area (Å²) in [4.78, 5) is 13.2. The van der Waals surface area contributed by atoms with Gasteiger partial charge >= 0.3 is 6.09 Å². The molecular formula is C17H16F2N2O4S. The molecule has 0 radical (unpaired) electrons. The highest BCUT2D eigenvalue weighted by Crippen LogP contribution is 2.21. The van der Waals surface area contributed by atoms with Gasteiger partial charge in [-0.2, -0.15) is 0 Å². The van der Waals surface area contributed by atoms with Crippen LogP contribution in [0.25, 0.3) is 0 Å². The molecule has 1 saturated heterocycles. The molecule has 0 spiro atoms. The predicted molar refractivity (Wildman–Crippen MR) is 91.0 cm³/mol. The van der Waals surface area contributed by atoms with Crippen molar-refractivity contribution in [2.75, 3.05) is 18.0 Å². The molecule has 9 heteroatoms. The van der Waals surface area contributed by atoms with E-state index in [-0.39, 0.29) is 18.8 Å². The highest BCUT2D eigenvalue weighted by Gasteiger charge is 2.33. The molecule has 1 aliphatic heterocycles. The van der Waals surface area contributed by atoms with Gasteiger partial charge in [0.25, 0.3) is 0 Å². The summed E-state index contributed by atoms with van der Waals surface area (Å²) in [6, 6.07) is 10.5. The van der Waals surface area contributed by atoms with E-state index in [4.69, 9.17) is 4.74 Å². The number of hydrogen-bond acceptors (Lipinski definition) is 4. The number of ether oxygens (including phenoxy) is 1. The van der Waals surface area contributed by atoms with Gasteiger partial charge in [0, 0.05) is 12.2 Å². The van der Waals surface area contributed by atoms with E-state index < -0.39 is 33.9 Å². The Morgan fingerprint density at radius 1 is 1.04 bits per heavy atom. The summed E-state index contributed by atoms with van der Waals surface area (Å²) in [6.07, 6.45) is -1.30. The molecule has 6 nitrogen and oxygen atoms in total. The summed E-state index contributed by atoms with van der Waals surface area (Å²) < 4.78 is 57.6. The van der Waals surface area contributed by atoms with Crippen LogP contribution in [0.15, 0.2) is 48.5 Å². The minimum absolute atomic E-state index is 0.0903. The van der Waals surface area contributed by atoms with E-state index in [9.17, 15) is 22.0 Å². The molecule has 3 rings (SSSR count). The number of nitrogens with zero attached hydrogens (tertiary/aromatic N) is 1. The minimum atomic E-state index is -3.67. The summed E-state index contributed by atoms with van der Waals surface area (Å²) in [5, 5.41) is 0. The van der Waals surface area contributed by atoms with Gasteiger partial charge in [0.1, 0.15) is 17.7 Å². The Labute approximate surface area is 149 Å². The normalized spacial score (nSPS) is 17.4. The van der Waals surface area contributed by atoms with Crippen molar-refractivity contribution in [2.24, 2.45) is 0 Å². The van der Waals surface area contributed by atoms with E-state index in [0.717, 1.165) is 0 Å². The van der Waals surface area contributed by atoms with E-state index in [2.05, 4.69) is 4.72 Å². The first kappa shape index (κ1) is 18.3. The average molecular weight is 382 g/mol. The Bertz CT molecular complexity index is 886. The second-order valence-electron chi connectivity index (χ2n) is 5.83. The average Bonchev–Trinajstić information content (AvgIpc) is 2.97. The maximum atomic E-state index is 13.0. The number of hydrogen-bond donors (Lipinski definition) is 1. The van der Waals surface area contributed by atoms with Crippen LogP contribution < -0.4 is 9.62 Å². The zero-order chi connectivity index (χ0) is 18.7. The Kier molecular flexibility index (Phi) is 5.19. The fourth-order valence-corrected chi connectivity index (χ4v) is 3.70. The van der Waals surface area contributed by atoms with Crippen LogP contribution in [0.4, 0.5) is 19.3 Å². The first-order valence-corrected chi connectivity index (χ1v) is 9.43. The van der Waals surface area contributed by atoms with Crippen molar-refractivity contribution >= 4 is 21.8 Å². The van der Waals surface area contributed by atoms with Gasteiger partial charge in [0.2, 0.25) is 10.0 Å². The lowest BCUT2D eigenvalue weighted by Crippen LogP contribution is -2.35. The van der Waals surface area contributed by atoms with Gasteiger partial charge in [-0.05, 0) is 42.0 Å². The highest BCUT2D eigenvalue weighted by molar-refractivity contribution is 7.88. The minimum Gasteiger partial charge on any atom is -0.443 e. The lowest BCUT2D eigenvalue weighted by molar-refractivity contribution is 0.143. The molecule has 1 heterocycles. The fraction of sp³-hybridized carbons (Fsp3) is 0.235. The Balaban J connectivity index is 1.57. The zero-order valence-corrected chi connectivity index (χ0v) is 14.4. The van der Waals surface area contributed by atoms with E-state index >= 15 is 0 Å². The van der Waals surface area contributed by atoms with Crippen molar-refractivity contribution in [1.29, 1.82) is 0 Å². The van der Waals surface area contributed by atoms with Crippen LogP contribution in [0.3, 0.4) is 0 Å². The Hall–Kier alpha value is -2.52. The summed E-state index contributed by atoms with van der Waals surface area (Å²) in [5.74, 6) is -1.18. The second-order valence-corrected chi connectivity index (χ2v) is 7.63. The number of rotatable bonds is 6. The van der Waals surface area contributed by atoms with Gasteiger partial charge in [-0.3, -0.25) is 4.90 Å². The van der Waals surface area contributed by atoms with Crippen LogP contribution in [-0.4, -0.2) is 33.7 Å². The van der Waals surface area contributed by atoms with Gasteiger partial charge in [0.15, 0.2) is 0 Å². The Morgan fingerprint density at radius 2 is 1.62 bits per heavy atom. The lowest BCUT2D eigenvalue weighted by atomic mass is 10.2. The van der Waals surface area contributed by atoms with Crippen LogP contribution in [-0.2, 0) is 20.5 Å². The monoisotopic (exact) mass is 382 g/mol. The standard InChI is InChI=1S/C17H16F2N2O4S/c18-13-3-1-12(2-4-13)11-26(23,24)20-9-16-10-21(17(22)25-16)15-7-5-14(19)6-8-15/h1-8,16,20H,9-11H2. The smallest absolute Gasteiger partial charge is 0.414 e. The highest BCUT2D eigenvalue weighted by atomic mass is 32.2. The molecule has 1 amide bonds. The van der Waals surface area contributed by atoms with Gasteiger partial charge < -0.3 is 4.74 Å². The molecule has 26 heavy (non-hydrogen) atoms. The molecular weight excluding hydrogens is 366 g/mol. The molecule has 1 aliphatic rings.